The lowest BCUT2D eigenvalue weighted by Crippen LogP contribution is -2.41. The molecule has 7 heteroatoms. The van der Waals surface area contributed by atoms with Gasteiger partial charge in [-0.05, 0) is 38.3 Å². The Labute approximate surface area is 123 Å². The number of aromatic nitrogens is 2. The van der Waals surface area contributed by atoms with Crippen LogP contribution in [0.2, 0.25) is 0 Å². The predicted octanol–water partition coefficient (Wildman–Crippen LogP) is 0.696. The first-order valence-electron chi connectivity index (χ1n) is 7.43. The van der Waals surface area contributed by atoms with Crippen LogP contribution < -0.4 is 5.32 Å². The molecule has 0 spiro atoms. The van der Waals surface area contributed by atoms with Gasteiger partial charge in [-0.15, -0.1) is 4.99 Å². The molecule has 7 nitrogen and oxygen atoms in total. The first-order chi connectivity index (χ1) is 10.3. The molecule has 3 heterocycles. The van der Waals surface area contributed by atoms with E-state index in [-0.39, 0.29) is 11.7 Å². The highest BCUT2D eigenvalue weighted by Crippen LogP contribution is 2.21. The second-order valence-corrected chi connectivity index (χ2v) is 5.59. The van der Waals surface area contributed by atoms with Crippen LogP contribution in [0.3, 0.4) is 0 Å². The van der Waals surface area contributed by atoms with Crippen LogP contribution in [0.4, 0.5) is 5.82 Å². The van der Waals surface area contributed by atoms with Gasteiger partial charge < -0.3 is 10.2 Å². The SMILES string of the molecule is O=C=Nc1cc2n(n1)CCN(CCC1CCNCC1)C2=O. The Hall–Kier alpha value is -1.98. The largest absolute Gasteiger partial charge is 0.335 e. The minimum atomic E-state index is -0.0185. The molecule has 0 radical (unpaired) electrons. The molecule has 1 amide bonds. The minimum Gasteiger partial charge on any atom is -0.335 e. The molecule has 1 aromatic heterocycles. The molecule has 1 N–H and O–H groups in total. The van der Waals surface area contributed by atoms with Gasteiger partial charge in [-0.1, -0.05) is 0 Å². The van der Waals surface area contributed by atoms with Gasteiger partial charge in [0.15, 0.2) is 5.82 Å². The van der Waals surface area contributed by atoms with Crippen molar-refractivity contribution in [1.29, 1.82) is 0 Å². The third-order valence-corrected chi connectivity index (χ3v) is 4.28. The van der Waals surface area contributed by atoms with Gasteiger partial charge in [-0.25, -0.2) is 4.79 Å². The van der Waals surface area contributed by atoms with Crippen molar-refractivity contribution in [3.05, 3.63) is 11.8 Å². The van der Waals surface area contributed by atoms with Gasteiger partial charge in [0.25, 0.3) is 5.91 Å². The smallest absolute Gasteiger partial charge is 0.272 e. The average Bonchev–Trinajstić information content (AvgIpc) is 2.92. The molecule has 0 unspecified atom stereocenters. The molecular formula is C14H19N5O2. The lowest BCUT2D eigenvalue weighted by Gasteiger charge is -2.30. The van der Waals surface area contributed by atoms with E-state index in [1.807, 2.05) is 4.90 Å². The van der Waals surface area contributed by atoms with Crippen LogP contribution in [0.1, 0.15) is 29.8 Å². The Morgan fingerprint density at radius 2 is 2.19 bits per heavy atom. The van der Waals surface area contributed by atoms with Crippen LogP contribution in [-0.4, -0.2) is 52.8 Å². The fourth-order valence-electron chi connectivity index (χ4n) is 3.05. The number of aliphatic imine (C=N–C) groups is 1. The zero-order valence-corrected chi connectivity index (χ0v) is 11.9. The zero-order chi connectivity index (χ0) is 14.7. The number of nitrogens with one attached hydrogen (secondary N) is 1. The molecule has 1 saturated heterocycles. The van der Waals surface area contributed by atoms with Crippen LogP contribution in [0, 0.1) is 5.92 Å². The van der Waals surface area contributed by atoms with Gasteiger partial charge in [0, 0.05) is 19.2 Å². The lowest BCUT2D eigenvalue weighted by atomic mass is 9.94. The first-order valence-corrected chi connectivity index (χ1v) is 7.43. The van der Waals surface area contributed by atoms with E-state index in [0.717, 1.165) is 26.1 Å². The molecule has 0 saturated carbocycles. The molecule has 2 aliphatic rings. The molecule has 112 valence electrons. The number of isocyanates is 1. The molecule has 0 aromatic carbocycles. The second kappa shape index (κ2) is 6.20. The first kappa shape index (κ1) is 14.0. The van der Waals surface area contributed by atoms with Crippen molar-refractivity contribution in [1.82, 2.24) is 20.0 Å². The zero-order valence-electron chi connectivity index (χ0n) is 11.9. The van der Waals surface area contributed by atoms with Crippen molar-refractivity contribution in [2.24, 2.45) is 10.9 Å². The van der Waals surface area contributed by atoms with E-state index in [9.17, 15) is 9.59 Å². The summed E-state index contributed by atoms with van der Waals surface area (Å²) in [5.41, 5.74) is 0.514. The molecule has 2 aliphatic heterocycles. The Bertz CT molecular complexity index is 570. The number of fused-ring (bicyclic) bond motifs is 1. The van der Waals surface area contributed by atoms with E-state index in [1.165, 1.54) is 18.9 Å². The minimum absolute atomic E-state index is 0.0185. The fourth-order valence-corrected chi connectivity index (χ4v) is 3.05. The monoisotopic (exact) mass is 289 g/mol. The highest BCUT2D eigenvalue weighted by molar-refractivity contribution is 5.94. The summed E-state index contributed by atoms with van der Waals surface area (Å²) in [5.74, 6) is 0.949. The van der Waals surface area contributed by atoms with Crippen molar-refractivity contribution in [2.45, 2.75) is 25.8 Å². The Kier molecular flexibility index (Phi) is 4.13. The molecule has 0 aliphatic carbocycles. The van der Waals surface area contributed by atoms with Crippen molar-refractivity contribution < 1.29 is 9.59 Å². The summed E-state index contributed by atoms with van der Waals surface area (Å²) < 4.78 is 1.62. The van der Waals surface area contributed by atoms with Crippen molar-refractivity contribution in [2.75, 3.05) is 26.2 Å². The van der Waals surface area contributed by atoms with Gasteiger partial charge in [0.1, 0.15) is 5.69 Å². The van der Waals surface area contributed by atoms with E-state index in [1.54, 1.807) is 10.7 Å². The quantitative estimate of drug-likeness (QED) is 0.653. The van der Waals surface area contributed by atoms with E-state index >= 15 is 0 Å². The fraction of sp³-hybridized carbons (Fsp3) is 0.643. The maximum atomic E-state index is 12.4. The van der Waals surface area contributed by atoms with E-state index in [0.29, 0.717) is 24.7 Å². The van der Waals surface area contributed by atoms with Gasteiger partial charge in [-0.3, -0.25) is 9.48 Å². The summed E-state index contributed by atoms with van der Waals surface area (Å²) in [6.07, 6.45) is 4.90. The number of hydrogen-bond acceptors (Lipinski definition) is 5. The van der Waals surface area contributed by atoms with Gasteiger partial charge in [0.2, 0.25) is 6.08 Å². The highest BCUT2D eigenvalue weighted by atomic mass is 16.2. The molecule has 1 aromatic rings. The topological polar surface area (TPSA) is 79.6 Å². The van der Waals surface area contributed by atoms with Gasteiger partial charge in [-0.2, -0.15) is 5.10 Å². The third-order valence-electron chi connectivity index (χ3n) is 4.28. The van der Waals surface area contributed by atoms with E-state index < -0.39 is 0 Å². The summed E-state index contributed by atoms with van der Waals surface area (Å²) >= 11 is 0. The van der Waals surface area contributed by atoms with Crippen LogP contribution in [0.5, 0.6) is 0 Å². The van der Waals surface area contributed by atoms with Crippen LogP contribution in [0.25, 0.3) is 0 Å². The van der Waals surface area contributed by atoms with Crippen molar-refractivity contribution in [3.63, 3.8) is 0 Å². The normalized spacial score (nSPS) is 19.2. The van der Waals surface area contributed by atoms with Gasteiger partial charge >= 0.3 is 0 Å². The number of rotatable bonds is 4. The van der Waals surface area contributed by atoms with Crippen molar-refractivity contribution >= 4 is 17.8 Å². The number of piperidine rings is 1. The highest BCUT2D eigenvalue weighted by Gasteiger charge is 2.27. The molecule has 0 atom stereocenters. The summed E-state index contributed by atoms with van der Waals surface area (Å²) in [6.45, 7) is 4.28. The summed E-state index contributed by atoms with van der Waals surface area (Å²) in [6, 6.07) is 1.56. The number of carbonyl (C=O) groups excluding carboxylic acids is 2. The summed E-state index contributed by atoms with van der Waals surface area (Å²) in [4.78, 5) is 28.0. The maximum Gasteiger partial charge on any atom is 0.272 e. The van der Waals surface area contributed by atoms with Gasteiger partial charge in [0.05, 0.1) is 6.54 Å². The molecule has 3 rings (SSSR count). The summed E-state index contributed by atoms with van der Waals surface area (Å²) in [7, 11) is 0. The Balaban J connectivity index is 1.63. The lowest BCUT2D eigenvalue weighted by molar-refractivity contribution is 0.0683. The van der Waals surface area contributed by atoms with Crippen LogP contribution in [0.15, 0.2) is 11.1 Å². The molecule has 21 heavy (non-hydrogen) atoms. The Morgan fingerprint density at radius 3 is 2.95 bits per heavy atom. The summed E-state index contributed by atoms with van der Waals surface area (Å²) in [5, 5.41) is 7.46. The predicted molar refractivity (Wildman–Crippen MR) is 76.1 cm³/mol. The standard InChI is InChI=1S/C14H19N5O2/c20-10-16-13-9-12-14(21)18(7-8-19(12)17-13)6-3-11-1-4-15-5-2-11/h9,11,15H,1-8H2. The van der Waals surface area contributed by atoms with Crippen LogP contribution in [-0.2, 0) is 11.3 Å². The van der Waals surface area contributed by atoms with Crippen molar-refractivity contribution in [3.8, 4) is 0 Å². The number of hydrogen-bond donors (Lipinski definition) is 1. The van der Waals surface area contributed by atoms with E-state index in [4.69, 9.17) is 0 Å². The number of carbonyl (C=O) groups is 1. The third kappa shape index (κ3) is 3.04. The van der Waals surface area contributed by atoms with Crippen LogP contribution >= 0.6 is 0 Å². The Morgan fingerprint density at radius 1 is 1.38 bits per heavy atom. The number of amides is 1. The molecule has 0 bridgehead atoms. The van der Waals surface area contributed by atoms with E-state index in [2.05, 4.69) is 15.4 Å². The molecule has 1 fully saturated rings. The second-order valence-electron chi connectivity index (χ2n) is 5.59. The molecular weight excluding hydrogens is 270 g/mol. The maximum absolute atomic E-state index is 12.4. The average molecular weight is 289 g/mol. The number of nitrogens with zero attached hydrogens (tertiary/aromatic N) is 4.